The van der Waals surface area contributed by atoms with Gasteiger partial charge in [0.15, 0.2) is 0 Å². The number of carbonyl (C=O) groups excluding carboxylic acids is 2. The molecule has 3 aromatic rings. The molecular weight excluding hydrogens is 404 g/mol. The first-order valence-corrected chi connectivity index (χ1v) is 10.4. The van der Waals surface area contributed by atoms with Crippen molar-refractivity contribution in [2.75, 3.05) is 11.5 Å². The number of rotatable bonds is 5. The number of hydrogen-bond donors (Lipinski definition) is 1. The fourth-order valence-electron chi connectivity index (χ4n) is 4.05. The summed E-state index contributed by atoms with van der Waals surface area (Å²) in [5.41, 5.74) is 3.72. The summed E-state index contributed by atoms with van der Waals surface area (Å²) in [6.45, 7) is 6.28. The van der Waals surface area contributed by atoms with Crippen LogP contribution in [0.2, 0.25) is 0 Å². The minimum atomic E-state index is -0.772. The average molecular weight is 428 g/mol. The second-order valence-electron chi connectivity index (χ2n) is 7.70. The number of hydrogen-bond acceptors (Lipinski definition) is 5. The summed E-state index contributed by atoms with van der Waals surface area (Å²) in [4.78, 5) is 31.9. The lowest BCUT2D eigenvalue weighted by Crippen LogP contribution is -2.30. The number of anilines is 1. The van der Waals surface area contributed by atoms with E-state index in [2.05, 4.69) is 4.98 Å². The largest absolute Gasteiger partial charge is 0.507 e. The molecular formula is C26H24N2O4. The van der Waals surface area contributed by atoms with Crippen LogP contribution in [0.5, 0.6) is 5.75 Å². The number of aromatic nitrogens is 1. The summed E-state index contributed by atoms with van der Waals surface area (Å²) in [5.74, 6) is -0.963. The highest BCUT2D eigenvalue weighted by Gasteiger charge is 2.47. The zero-order chi connectivity index (χ0) is 22.8. The maximum atomic E-state index is 13.2. The van der Waals surface area contributed by atoms with E-state index in [0.29, 0.717) is 29.2 Å². The van der Waals surface area contributed by atoms with Crippen LogP contribution in [-0.2, 0) is 9.59 Å². The maximum absolute atomic E-state index is 13.2. The normalized spacial score (nSPS) is 17.6. The van der Waals surface area contributed by atoms with Crippen LogP contribution in [-0.4, -0.2) is 28.4 Å². The van der Waals surface area contributed by atoms with Gasteiger partial charge in [0.25, 0.3) is 11.7 Å². The molecule has 1 unspecified atom stereocenters. The molecule has 6 heteroatoms. The molecule has 1 aliphatic heterocycles. The maximum Gasteiger partial charge on any atom is 0.300 e. The Hall–Kier alpha value is -3.93. The molecule has 0 bridgehead atoms. The summed E-state index contributed by atoms with van der Waals surface area (Å²) in [7, 11) is 0. The van der Waals surface area contributed by atoms with E-state index >= 15 is 0 Å². The molecule has 1 amide bonds. The first kappa shape index (κ1) is 21.3. The zero-order valence-corrected chi connectivity index (χ0v) is 18.2. The van der Waals surface area contributed by atoms with Gasteiger partial charge in [-0.25, -0.2) is 0 Å². The van der Waals surface area contributed by atoms with Crippen LogP contribution in [0, 0.1) is 13.8 Å². The number of aliphatic hydroxyl groups excluding tert-OH is 1. The Morgan fingerprint density at radius 3 is 2.34 bits per heavy atom. The van der Waals surface area contributed by atoms with Gasteiger partial charge in [-0.3, -0.25) is 19.5 Å². The van der Waals surface area contributed by atoms with Crippen molar-refractivity contribution in [3.05, 3.63) is 94.8 Å². The third kappa shape index (κ3) is 3.75. The molecule has 0 radical (unpaired) electrons. The minimum Gasteiger partial charge on any atom is -0.507 e. The first-order valence-electron chi connectivity index (χ1n) is 10.4. The van der Waals surface area contributed by atoms with Gasteiger partial charge in [-0.2, -0.15) is 0 Å². The molecule has 0 aliphatic carbocycles. The Bertz CT molecular complexity index is 1200. The van der Waals surface area contributed by atoms with Gasteiger partial charge in [0.05, 0.1) is 18.2 Å². The van der Waals surface area contributed by atoms with E-state index in [-0.39, 0.29) is 11.3 Å². The second kappa shape index (κ2) is 8.67. The lowest BCUT2D eigenvalue weighted by molar-refractivity contribution is -0.132. The van der Waals surface area contributed by atoms with Crippen molar-refractivity contribution >= 4 is 23.1 Å². The number of Topliss-reactive ketones (excluding diaryl/α,β-unsaturated/α-hetero) is 1. The van der Waals surface area contributed by atoms with Crippen LogP contribution in [0.3, 0.4) is 0 Å². The fraction of sp³-hybridized carbons (Fsp3) is 0.192. The van der Waals surface area contributed by atoms with Crippen LogP contribution in [0.4, 0.5) is 5.69 Å². The van der Waals surface area contributed by atoms with Gasteiger partial charge >= 0.3 is 0 Å². The standard InChI is InChI=1S/C26H24N2O4/c1-4-32-20-8-6-19(7-9-20)24(29)22-23(18-11-13-27-14-12-18)28(26(31)25(22)30)21-10-5-16(2)15-17(21)3/h5-15,23,29H,4H2,1-3H3/b24-22+. The van der Waals surface area contributed by atoms with Crippen molar-refractivity contribution in [3.63, 3.8) is 0 Å². The zero-order valence-electron chi connectivity index (χ0n) is 18.2. The minimum absolute atomic E-state index is 0.0466. The number of carbonyl (C=O) groups is 2. The molecule has 162 valence electrons. The topological polar surface area (TPSA) is 79.7 Å². The van der Waals surface area contributed by atoms with Gasteiger partial charge in [0, 0.05) is 23.6 Å². The molecule has 2 heterocycles. The number of benzene rings is 2. The number of ketones is 1. The number of nitrogens with zero attached hydrogens (tertiary/aromatic N) is 2. The van der Waals surface area contributed by atoms with Crippen LogP contribution >= 0.6 is 0 Å². The monoisotopic (exact) mass is 428 g/mol. The molecule has 1 aromatic heterocycles. The molecule has 1 saturated heterocycles. The van der Waals surface area contributed by atoms with E-state index < -0.39 is 17.7 Å². The van der Waals surface area contributed by atoms with Gasteiger partial charge in [-0.05, 0) is 74.4 Å². The summed E-state index contributed by atoms with van der Waals surface area (Å²) in [5, 5.41) is 11.2. The molecule has 0 saturated carbocycles. The van der Waals surface area contributed by atoms with E-state index in [0.717, 1.165) is 11.1 Å². The molecule has 6 nitrogen and oxygen atoms in total. The van der Waals surface area contributed by atoms with Gasteiger partial charge in [0.1, 0.15) is 11.5 Å². The van der Waals surface area contributed by atoms with Crippen molar-refractivity contribution in [2.45, 2.75) is 26.8 Å². The third-order valence-corrected chi connectivity index (χ3v) is 5.52. The van der Waals surface area contributed by atoms with Crippen LogP contribution in [0.15, 0.2) is 72.6 Å². The quantitative estimate of drug-likeness (QED) is 0.361. The van der Waals surface area contributed by atoms with E-state index in [1.807, 2.05) is 39.0 Å². The predicted octanol–water partition coefficient (Wildman–Crippen LogP) is 4.72. The SMILES string of the molecule is CCOc1ccc(/C(O)=C2\C(=O)C(=O)N(c3ccc(C)cc3C)C2c2ccncc2)cc1. The van der Waals surface area contributed by atoms with Crippen molar-refractivity contribution < 1.29 is 19.4 Å². The predicted molar refractivity (Wildman–Crippen MR) is 123 cm³/mol. The van der Waals surface area contributed by atoms with Crippen molar-refractivity contribution in [3.8, 4) is 5.75 Å². The molecule has 1 aliphatic rings. The summed E-state index contributed by atoms with van der Waals surface area (Å²) in [6, 6.07) is 15.2. The van der Waals surface area contributed by atoms with Crippen molar-refractivity contribution in [2.24, 2.45) is 0 Å². The molecule has 1 fully saturated rings. The number of aliphatic hydroxyl groups is 1. The summed E-state index contributed by atoms with van der Waals surface area (Å²) < 4.78 is 5.46. The Labute approximate surface area is 186 Å². The van der Waals surface area contributed by atoms with Crippen LogP contribution in [0.1, 0.15) is 35.2 Å². The van der Waals surface area contributed by atoms with Gasteiger partial charge < -0.3 is 9.84 Å². The highest BCUT2D eigenvalue weighted by molar-refractivity contribution is 6.51. The molecule has 32 heavy (non-hydrogen) atoms. The fourth-order valence-corrected chi connectivity index (χ4v) is 4.05. The van der Waals surface area contributed by atoms with Gasteiger partial charge in [0.2, 0.25) is 0 Å². The lowest BCUT2D eigenvalue weighted by atomic mass is 9.95. The van der Waals surface area contributed by atoms with E-state index in [1.54, 1.807) is 48.8 Å². The van der Waals surface area contributed by atoms with Crippen molar-refractivity contribution in [1.29, 1.82) is 0 Å². The smallest absolute Gasteiger partial charge is 0.300 e. The second-order valence-corrected chi connectivity index (χ2v) is 7.70. The molecule has 2 aromatic carbocycles. The Morgan fingerprint density at radius 2 is 1.72 bits per heavy atom. The van der Waals surface area contributed by atoms with Crippen LogP contribution in [0.25, 0.3) is 5.76 Å². The van der Waals surface area contributed by atoms with Crippen molar-refractivity contribution in [1.82, 2.24) is 4.98 Å². The highest BCUT2D eigenvalue weighted by atomic mass is 16.5. The number of pyridine rings is 1. The third-order valence-electron chi connectivity index (χ3n) is 5.52. The van der Waals surface area contributed by atoms with E-state index in [4.69, 9.17) is 4.74 Å². The number of aryl methyl sites for hydroxylation is 2. The number of ether oxygens (including phenoxy) is 1. The highest BCUT2D eigenvalue weighted by Crippen LogP contribution is 2.43. The number of amides is 1. The molecule has 1 atom stereocenters. The first-order chi connectivity index (χ1) is 15.4. The summed E-state index contributed by atoms with van der Waals surface area (Å²) in [6.07, 6.45) is 3.21. The molecule has 0 spiro atoms. The van der Waals surface area contributed by atoms with Crippen LogP contribution < -0.4 is 9.64 Å². The van der Waals surface area contributed by atoms with E-state index in [9.17, 15) is 14.7 Å². The Balaban J connectivity index is 1.90. The Morgan fingerprint density at radius 1 is 1.03 bits per heavy atom. The average Bonchev–Trinajstić information content (AvgIpc) is 3.05. The van der Waals surface area contributed by atoms with Gasteiger partial charge in [-0.15, -0.1) is 0 Å². The summed E-state index contributed by atoms with van der Waals surface area (Å²) >= 11 is 0. The van der Waals surface area contributed by atoms with E-state index in [1.165, 1.54) is 4.90 Å². The van der Waals surface area contributed by atoms with Gasteiger partial charge in [-0.1, -0.05) is 17.7 Å². The lowest BCUT2D eigenvalue weighted by Gasteiger charge is -2.27. The Kier molecular flexibility index (Phi) is 5.77. The molecule has 1 N–H and O–H groups in total. The molecule has 4 rings (SSSR count).